The highest BCUT2D eigenvalue weighted by Gasteiger charge is 2.39. The normalized spacial score (nSPS) is 17.3. The van der Waals surface area contributed by atoms with Gasteiger partial charge in [-0.25, -0.2) is 8.78 Å². The number of ether oxygens (including phenoxy) is 1. The average Bonchev–Trinajstić information content (AvgIpc) is 2.29. The van der Waals surface area contributed by atoms with E-state index in [1.54, 1.807) is 6.07 Å². The van der Waals surface area contributed by atoms with Crippen LogP contribution in [0, 0.1) is 28.4 Å². The third-order valence-electron chi connectivity index (χ3n) is 3.00. The lowest BCUT2D eigenvalue weighted by atomic mass is 9.87. The minimum atomic E-state index is -0.845. The largest absolute Gasteiger partial charge is 0.378 e. The molecular formula is C13H14F2N2O. The molecule has 0 amide bonds. The zero-order chi connectivity index (χ0) is 13.2. The van der Waals surface area contributed by atoms with E-state index >= 15 is 0 Å². The van der Waals surface area contributed by atoms with Gasteiger partial charge in [-0.2, -0.15) is 5.26 Å². The Morgan fingerprint density at radius 3 is 2.61 bits per heavy atom. The van der Waals surface area contributed by atoms with Crippen LogP contribution in [0.15, 0.2) is 18.2 Å². The summed E-state index contributed by atoms with van der Waals surface area (Å²) in [5.41, 5.74) is 0.234. The van der Waals surface area contributed by atoms with Gasteiger partial charge in [-0.05, 0) is 24.7 Å². The zero-order valence-corrected chi connectivity index (χ0v) is 10.1. The van der Waals surface area contributed by atoms with E-state index in [0.29, 0.717) is 31.9 Å². The summed E-state index contributed by atoms with van der Waals surface area (Å²) in [6.07, 6.45) is 0. The van der Waals surface area contributed by atoms with Crippen molar-refractivity contribution in [3.8, 4) is 6.07 Å². The summed E-state index contributed by atoms with van der Waals surface area (Å²) in [5, 5.41) is 9.07. The van der Waals surface area contributed by atoms with Crippen LogP contribution in [0.4, 0.5) is 8.78 Å². The molecule has 1 aliphatic heterocycles. The molecule has 0 radical (unpaired) electrons. The van der Waals surface area contributed by atoms with Crippen molar-refractivity contribution in [2.75, 3.05) is 26.8 Å². The fraction of sp³-hybridized carbons (Fsp3) is 0.462. The molecule has 1 aliphatic rings. The van der Waals surface area contributed by atoms with Crippen molar-refractivity contribution in [2.24, 2.45) is 5.41 Å². The molecule has 3 nitrogen and oxygen atoms in total. The Hall–Kier alpha value is -1.51. The first-order chi connectivity index (χ1) is 8.54. The fourth-order valence-corrected chi connectivity index (χ4v) is 2.06. The minimum Gasteiger partial charge on any atom is -0.378 e. The predicted octanol–water partition coefficient (Wildman–Crippen LogP) is 1.94. The summed E-state index contributed by atoms with van der Waals surface area (Å²) in [6.45, 7) is 1.90. The van der Waals surface area contributed by atoms with E-state index in [4.69, 9.17) is 10.00 Å². The fourth-order valence-electron chi connectivity index (χ4n) is 2.06. The van der Waals surface area contributed by atoms with Crippen LogP contribution in [0.5, 0.6) is 0 Å². The molecule has 0 aliphatic carbocycles. The lowest BCUT2D eigenvalue weighted by Gasteiger charge is -2.38. The number of rotatable bonds is 4. The van der Waals surface area contributed by atoms with Crippen LogP contribution in [0.3, 0.4) is 0 Å². The van der Waals surface area contributed by atoms with Gasteiger partial charge in [0.05, 0.1) is 19.3 Å². The molecule has 0 bridgehead atoms. The monoisotopic (exact) mass is 252 g/mol. The Morgan fingerprint density at radius 1 is 1.39 bits per heavy atom. The molecule has 1 saturated heterocycles. The molecule has 0 N–H and O–H groups in total. The van der Waals surface area contributed by atoms with Crippen molar-refractivity contribution in [1.82, 2.24) is 4.90 Å². The summed E-state index contributed by atoms with van der Waals surface area (Å²) in [6, 6.07) is 6.10. The van der Waals surface area contributed by atoms with Crippen molar-refractivity contribution in [3.05, 3.63) is 35.4 Å². The van der Waals surface area contributed by atoms with Crippen molar-refractivity contribution in [1.29, 1.82) is 5.26 Å². The Morgan fingerprint density at radius 2 is 2.11 bits per heavy atom. The van der Waals surface area contributed by atoms with E-state index in [1.165, 1.54) is 6.07 Å². The molecule has 0 spiro atoms. The van der Waals surface area contributed by atoms with Crippen LogP contribution in [0.25, 0.3) is 0 Å². The Balaban J connectivity index is 1.97. The van der Waals surface area contributed by atoms with Gasteiger partial charge in [-0.3, -0.25) is 0 Å². The SMILES string of the molecule is CN(Cc1ccc(F)c(F)c1)CC1(C#N)COC1. The number of nitrogens with zero attached hydrogens (tertiary/aromatic N) is 2. The maximum Gasteiger partial charge on any atom is 0.159 e. The first-order valence-corrected chi connectivity index (χ1v) is 5.66. The summed E-state index contributed by atoms with van der Waals surface area (Å²) in [4.78, 5) is 1.92. The molecule has 18 heavy (non-hydrogen) atoms. The number of hydrogen-bond acceptors (Lipinski definition) is 3. The van der Waals surface area contributed by atoms with Crippen molar-refractivity contribution >= 4 is 0 Å². The molecule has 96 valence electrons. The van der Waals surface area contributed by atoms with Gasteiger partial charge < -0.3 is 9.64 Å². The second kappa shape index (κ2) is 5.01. The van der Waals surface area contributed by atoms with Gasteiger partial charge >= 0.3 is 0 Å². The molecule has 2 rings (SSSR count). The van der Waals surface area contributed by atoms with Crippen molar-refractivity contribution < 1.29 is 13.5 Å². The van der Waals surface area contributed by atoms with Crippen LogP contribution in [0.1, 0.15) is 5.56 Å². The second-order valence-electron chi connectivity index (χ2n) is 4.81. The second-order valence-corrected chi connectivity index (χ2v) is 4.81. The highest BCUT2D eigenvalue weighted by Crippen LogP contribution is 2.27. The molecule has 0 saturated carbocycles. The maximum atomic E-state index is 13.0. The summed E-state index contributed by atoms with van der Waals surface area (Å²) < 4.78 is 30.9. The van der Waals surface area contributed by atoms with Crippen molar-refractivity contribution in [2.45, 2.75) is 6.54 Å². The molecule has 5 heteroatoms. The maximum absolute atomic E-state index is 13.0. The number of nitriles is 1. The lowest BCUT2D eigenvalue weighted by molar-refractivity contribution is -0.0895. The highest BCUT2D eigenvalue weighted by atomic mass is 19.2. The smallest absolute Gasteiger partial charge is 0.159 e. The summed E-state index contributed by atoms with van der Waals surface area (Å²) in [5.74, 6) is -1.69. The van der Waals surface area contributed by atoms with Gasteiger partial charge in [-0.1, -0.05) is 6.07 Å². The molecule has 0 unspecified atom stereocenters. The standard InChI is InChI=1S/C13H14F2N2O/c1-17(7-13(6-16)8-18-9-13)5-10-2-3-11(14)12(15)4-10/h2-4H,5,7-9H2,1H3. The van der Waals surface area contributed by atoms with E-state index < -0.39 is 17.0 Å². The van der Waals surface area contributed by atoms with Gasteiger partial charge in [0.15, 0.2) is 11.6 Å². The molecule has 0 atom stereocenters. The number of benzene rings is 1. The van der Waals surface area contributed by atoms with E-state index in [-0.39, 0.29) is 0 Å². The zero-order valence-electron chi connectivity index (χ0n) is 10.1. The third kappa shape index (κ3) is 2.66. The first kappa shape index (κ1) is 12.9. The van der Waals surface area contributed by atoms with Gasteiger partial charge in [0.25, 0.3) is 0 Å². The predicted molar refractivity (Wildman–Crippen MR) is 61.6 cm³/mol. The van der Waals surface area contributed by atoms with E-state index in [0.717, 1.165) is 6.07 Å². The van der Waals surface area contributed by atoms with E-state index in [9.17, 15) is 8.78 Å². The topological polar surface area (TPSA) is 36.3 Å². The molecule has 1 aromatic rings. The Kier molecular flexibility index (Phi) is 3.60. The average molecular weight is 252 g/mol. The van der Waals surface area contributed by atoms with Crippen LogP contribution in [-0.4, -0.2) is 31.7 Å². The third-order valence-corrected chi connectivity index (χ3v) is 3.00. The first-order valence-electron chi connectivity index (χ1n) is 5.66. The van der Waals surface area contributed by atoms with Gasteiger partial charge in [0.1, 0.15) is 5.41 Å². The summed E-state index contributed by atoms with van der Waals surface area (Å²) >= 11 is 0. The molecule has 0 aromatic heterocycles. The van der Waals surface area contributed by atoms with Crippen LogP contribution >= 0.6 is 0 Å². The highest BCUT2D eigenvalue weighted by molar-refractivity contribution is 5.18. The van der Waals surface area contributed by atoms with E-state index in [2.05, 4.69) is 6.07 Å². The van der Waals surface area contributed by atoms with Gasteiger partial charge in [0, 0.05) is 13.1 Å². The number of halogens is 2. The molecule has 1 fully saturated rings. The molecule has 1 heterocycles. The minimum absolute atomic E-state index is 0.436. The van der Waals surface area contributed by atoms with Crippen molar-refractivity contribution in [3.63, 3.8) is 0 Å². The molecular weight excluding hydrogens is 238 g/mol. The van der Waals surface area contributed by atoms with Gasteiger partial charge in [0.2, 0.25) is 0 Å². The summed E-state index contributed by atoms with van der Waals surface area (Å²) in [7, 11) is 1.85. The molecule has 1 aromatic carbocycles. The van der Waals surface area contributed by atoms with Crippen LogP contribution < -0.4 is 0 Å². The Bertz CT molecular complexity index is 480. The lowest BCUT2D eigenvalue weighted by Crippen LogP contribution is -2.48. The van der Waals surface area contributed by atoms with E-state index in [1.807, 2.05) is 11.9 Å². The van der Waals surface area contributed by atoms with Gasteiger partial charge in [-0.15, -0.1) is 0 Å². The van der Waals surface area contributed by atoms with Crippen LogP contribution in [0.2, 0.25) is 0 Å². The quantitative estimate of drug-likeness (QED) is 0.821. The van der Waals surface area contributed by atoms with Crippen LogP contribution in [-0.2, 0) is 11.3 Å². The Labute approximate surface area is 105 Å². The number of hydrogen-bond donors (Lipinski definition) is 0.